The maximum atomic E-state index is 5.62. The van der Waals surface area contributed by atoms with Crippen LogP contribution in [0.25, 0.3) is 0 Å². The summed E-state index contributed by atoms with van der Waals surface area (Å²) in [6.07, 6.45) is 3.92. The highest BCUT2D eigenvalue weighted by atomic mass is 16.3. The van der Waals surface area contributed by atoms with Crippen molar-refractivity contribution in [3.05, 3.63) is 23.2 Å². The van der Waals surface area contributed by atoms with E-state index in [1.54, 1.807) is 0 Å². The first-order chi connectivity index (χ1) is 8.49. The number of piperidine rings is 1. The van der Waals surface area contributed by atoms with Crippen LogP contribution in [-0.2, 0) is 0 Å². The molecule has 1 saturated heterocycles. The molecule has 0 aromatic carbocycles. The molecule has 0 spiro atoms. The van der Waals surface area contributed by atoms with Gasteiger partial charge in [0, 0.05) is 23.7 Å². The van der Waals surface area contributed by atoms with Crippen molar-refractivity contribution < 1.29 is 4.42 Å². The Kier molecular flexibility index (Phi) is 4.13. The number of hydrogen-bond donors (Lipinski definition) is 1. The minimum atomic E-state index is 0.311. The van der Waals surface area contributed by atoms with E-state index in [1.807, 2.05) is 13.8 Å². The molecule has 3 nitrogen and oxygen atoms in total. The monoisotopic (exact) mass is 250 g/mol. The molecule has 1 aromatic heterocycles. The van der Waals surface area contributed by atoms with Gasteiger partial charge in [-0.3, -0.25) is 0 Å². The van der Waals surface area contributed by atoms with Crippen molar-refractivity contribution in [1.29, 1.82) is 0 Å². The molecule has 0 amide bonds. The smallest absolute Gasteiger partial charge is 0.105 e. The molecule has 3 unspecified atom stereocenters. The second kappa shape index (κ2) is 5.45. The SMILES string of the molecule is Cc1cc(C(C)NN2C(C)CCCC2C)c(C)o1. The van der Waals surface area contributed by atoms with E-state index in [0.29, 0.717) is 18.1 Å². The molecule has 2 heterocycles. The molecule has 0 bridgehead atoms. The van der Waals surface area contributed by atoms with Crippen LogP contribution in [0.1, 0.15) is 63.2 Å². The van der Waals surface area contributed by atoms with Gasteiger partial charge < -0.3 is 4.42 Å². The van der Waals surface area contributed by atoms with Gasteiger partial charge in [-0.1, -0.05) is 6.42 Å². The van der Waals surface area contributed by atoms with Gasteiger partial charge in [0.15, 0.2) is 0 Å². The Morgan fingerprint density at radius 2 is 1.89 bits per heavy atom. The highest BCUT2D eigenvalue weighted by Gasteiger charge is 2.26. The lowest BCUT2D eigenvalue weighted by Gasteiger charge is -2.40. The van der Waals surface area contributed by atoms with Crippen molar-refractivity contribution in [1.82, 2.24) is 10.4 Å². The van der Waals surface area contributed by atoms with Crippen LogP contribution in [0.5, 0.6) is 0 Å². The molecule has 1 fully saturated rings. The maximum Gasteiger partial charge on any atom is 0.105 e. The first kappa shape index (κ1) is 13.6. The molecule has 1 aliphatic rings. The van der Waals surface area contributed by atoms with Gasteiger partial charge in [0.2, 0.25) is 0 Å². The summed E-state index contributed by atoms with van der Waals surface area (Å²) in [4.78, 5) is 0. The van der Waals surface area contributed by atoms with Gasteiger partial charge >= 0.3 is 0 Å². The van der Waals surface area contributed by atoms with Gasteiger partial charge in [0.25, 0.3) is 0 Å². The van der Waals surface area contributed by atoms with Crippen LogP contribution >= 0.6 is 0 Å². The largest absolute Gasteiger partial charge is 0.466 e. The summed E-state index contributed by atoms with van der Waals surface area (Å²) >= 11 is 0. The molecular weight excluding hydrogens is 224 g/mol. The number of rotatable bonds is 3. The lowest BCUT2D eigenvalue weighted by molar-refractivity contribution is 0.0318. The lowest BCUT2D eigenvalue weighted by Crippen LogP contribution is -2.52. The Balaban J connectivity index is 2.06. The van der Waals surface area contributed by atoms with Crippen molar-refractivity contribution >= 4 is 0 Å². The van der Waals surface area contributed by atoms with E-state index in [-0.39, 0.29) is 0 Å². The molecule has 18 heavy (non-hydrogen) atoms. The van der Waals surface area contributed by atoms with E-state index in [9.17, 15) is 0 Å². The lowest BCUT2D eigenvalue weighted by atomic mass is 9.99. The number of nitrogens with one attached hydrogen (secondary N) is 1. The van der Waals surface area contributed by atoms with Crippen LogP contribution in [0.2, 0.25) is 0 Å². The molecule has 3 heteroatoms. The summed E-state index contributed by atoms with van der Waals surface area (Å²) in [5.74, 6) is 2.03. The van der Waals surface area contributed by atoms with Crippen molar-refractivity contribution in [2.75, 3.05) is 0 Å². The van der Waals surface area contributed by atoms with Gasteiger partial charge in [-0.25, -0.2) is 10.4 Å². The zero-order valence-corrected chi connectivity index (χ0v) is 12.3. The summed E-state index contributed by atoms with van der Waals surface area (Å²) in [5.41, 5.74) is 4.94. The second-order valence-electron chi connectivity index (χ2n) is 5.76. The summed E-state index contributed by atoms with van der Waals surface area (Å²) in [7, 11) is 0. The molecule has 0 radical (unpaired) electrons. The molecule has 3 atom stereocenters. The fourth-order valence-corrected chi connectivity index (χ4v) is 3.05. The van der Waals surface area contributed by atoms with Gasteiger partial charge in [-0.15, -0.1) is 0 Å². The van der Waals surface area contributed by atoms with Crippen molar-refractivity contribution in [2.45, 2.75) is 72.0 Å². The quantitative estimate of drug-likeness (QED) is 0.886. The number of furan rings is 1. The van der Waals surface area contributed by atoms with Crippen LogP contribution in [0.4, 0.5) is 0 Å². The van der Waals surface area contributed by atoms with E-state index < -0.39 is 0 Å². The van der Waals surface area contributed by atoms with E-state index in [4.69, 9.17) is 4.42 Å². The van der Waals surface area contributed by atoms with E-state index >= 15 is 0 Å². The molecule has 0 aliphatic carbocycles. The number of aryl methyl sites for hydroxylation is 2. The Labute approximate surface area is 111 Å². The highest BCUT2D eigenvalue weighted by molar-refractivity contribution is 5.23. The zero-order valence-electron chi connectivity index (χ0n) is 12.3. The average Bonchev–Trinajstić information content (AvgIpc) is 2.63. The zero-order chi connectivity index (χ0) is 13.3. The maximum absolute atomic E-state index is 5.62. The fraction of sp³-hybridized carbons (Fsp3) is 0.733. The third-order valence-corrected chi connectivity index (χ3v) is 4.08. The van der Waals surface area contributed by atoms with E-state index in [0.717, 1.165) is 11.5 Å². The van der Waals surface area contributed by atoms with Crippen molar-refractivity contribution in [2.24, 2.45) is 0 Å². The predicted molar refractivity (Wildman–Crippen MR) is 74.3 cm³/mol. The van der Waals surface area contributed by atoms with Crippen molar-refractivity contribution in [3.63, 3.8) is 0 Å². The van der Waals surface area contributed by atoms with Crippen LogP contribution in [0.3, 0.4) is 0 Å². The molecule has 0 saturated carbocycles. The third kappa shape index (κ3) is 2.78. The standard InChI is InChI=1S/C15H26N2O/c1-10-7-6-8-11(2)17(10)16-13(4)15-9-12(3)18-14(15)5/h9-11,13,16H,6-8H2,1-5H3. The van der Waals surface area contributed by atoms with E-state index in [1.165, 1.54) is 24.8 Å². The van der Waals surface area contributed by atoms with Crippen LogP contribution in [0.15, 0.2) is 10.5 Å². The number of nitrogens with zero attached hydrogens (tertiary/aromatic N) is 1. The molecular formula is C15H26N2O. The molecule has 1 aliphatic heterocycles. The fourth-order valence-electron chi connectivity index (χ4n) is 3.05. The van der Waals surface area contributed by atoms with Gasteiger partial charge in [-0.2, -0.15) is 0 Å². The third-order valence-electron chi connectivity index (χ3n) is 4.08. The van der Waals surface area contributed by atoms with Crippen LogP contribution in [0, 0.1) is 13.8 Å². The van der Waals surface area contributed by atoms with Gasteiger partial charge in [-0.05, 0) is 53.5 Å². The minimum Gasteiger partial charge on any atom is -0.466 e. The number of hydrazine groups is 1. The molecule has 102 valence electrons. The topological polar surface area (TPSA) is 28.4 Å². The normalized spacial score (nSPS) is 27.4. The van der Waals surface area contributed by atoms with Crippen LogP contribution < -0.4 is 5.43 Å². The molecule has 1 N–H and O–H groups in total. The van der Waals surface area contributed by atoms with Gasteiger partial charge in [0.1, 0.15) is 11.5 Å². The van der Waals surface area contributed by atoms with Crippen LogP contribution in [-0.4, -0.2) is 17.1 Å². The Morgan fingerprint density at radius 1 is 1.28 bits per heavy atom. The van der Waals surface area contributed by atoms with Crippen molar-refractivity contribution in [3.8, 4) is 0 Å². The summed E-state index contributed by atoms with van der Waals surface area (Å²) in [5, 5.41) is 2.43. The van der Waals surface area contributed by atoms with Gasteiger partial charge in [0.05, 0.1) is 0 Å². The minimum absolute atomic E-state index is 0.311. The summed E-state index contributed by atoms with van der Waals surface area (Å²) in [6, 6.07) is 3.69. The molecule has 2 rings (SSSR count). The van der Waals surface area contributed by atoms with E-state index in [2.05, 4.69) is 37.3 Å². The summed E-state index contributed by atoms with van der Waals surface area (Å²) in [6.45, 7) is 10.9. The Morgan fingerprint density at radius 3 is 2.39 bits per heavy atom. The Hall–Kier alpha value is -0.800. The summed E-state index contributed by atoms with van der Waals surface area (Å²) < 4.78 is 5.62. The second-order valence-corrected chi connectivity index (χ2v) is 5.76. The highest BCUT2D eigenvalue weighted by Crippen LogP contribution is 2.25. The average molecular weight is 250 g/mol. The first-order valence-corrected chi connectivity index (χ1v) is 7.10. The number of hydrogen-bond acceptors (Lipinski definition) is 3. The molecule has 1 aromatic rings. The first-order valence-electron chi connectivity index (χ1n) is 7.10. The Bertz CT molecular complexity index is 389. The predicted octanol–water partition coefficient (Wildman–Crippen LogP) is 3.72.